The average molecular weight is 282 g/mol. The van der Waals surface area contributed by atoms with E-state index in [1.807, 2.05) is 20.8 Å². The van der Waals surface area contributed by atoms with Crippen LogP contribution < -0.4 is 34.2 Å². The van der Waals surface area contributed by atoms with Crippen molar-refractivity contribution in [2.45, 2.75) is 59.3 Å². The smallest absolute Gasteiger partial charge is 0.854 e. The van der Waals surface area contributed by atoms with Crippen molar-refractivity contribution in [3.8, 4) is 0 Å². The van der Waals surface area contributed by atoms with Crippen molar-refractivity contribution >= 4 is 0 Å². The first-order chi connectivity index (χ1) is 7.24. The molecular formula is C12H27FeLiO3. The molecule has 0 fully saturated rings. The van der Waals surface area contributed by atoms with Crippen LogP contribution in [-0.4, -0.2) is 19.8 Å². The molecule has 0 saturated heterocycles. The van der Waals surface area contributed by atoms with Crippen LogP contribution in [-0.2, 0) is 17.1 Å². The predicted molar refractivity (Wildman–Crippen MR) is 59.3 cm³/mol. The second kappa shape index (κ2) is 43.5. The largest absolute Gasteiger partial charge is 2.00 e. The van der Waals surface area contributed by atoms with Gasteiger partial charge >= 0.3 is 35.9 Å². The van der Waals surface area contributed by atoms with Crippen LogP contribution >= 0.6 is 0 Å². The molecule has 3 nitrogen and oxygen atoms in total. The molecule has 0 aliphatic heterocycles. The van der Waals surface area contributed by atoms with E-state index in [2.05, 4.69) is 0 Å². The van der Waals surface area contributed by atoms with Gasteiger partial charge in [-0.25, -0.2) is 0 Å². The van der Waals surface area contributed by atoms with Gasteiger partial charge in [0.05, 0.1) is 0 Å². The Labute approximate surface area is 130 Å². The molecule has 0 radical (unpaired) electrons. The standard InChI is InChI=1S/3C4H9O.Fe.Li/c3*1-2-3-4-5;;/h3*2-4H2,1H3;;/q3*-1;+2;+1. The molecule has 0 N–H and O–H groups in total. The zero-order valence-electron chi connectivity index (χ0n) is 11.9. The van der Waals surface area contributed by atoms with Crippen LogP contribution in [0, 0.1) is 0 Å². The van der Waals surface area contributed by atoms with E-state index in [1.165, 1.54) is 0 Å². The van der Waals surface area contributed by atoms with Crippen LogP contribution in [0.1, 0.15) is 59.3 Å². The molecule has 0 spiro atoms. The molecule has 17 heavy (non-hydrogen) atoms. The van der Waals surface area contributed by atoms with Crippen LogP contribution in [0.4, 0.5) is 0 Å². The summed E-state index contributed by atoms with van der Waals surface area (Å²) in [6.07, 6.45) is 5.59. The molecule has 0 aliphatic carbocycles. The van der Waals surface area contributed by atoms with Crippen LogP contribution in [0.3, 0.4) is 0 Å². The number of unbranched alkanes of at least 4 members (excludes halogenated alkanes) is 3. The maximum absolute atomic E-state index is 9.53. The van der Waals surface area contributed by atoms with Crippen molar-refractivity contribution in [1.29, 1.82) is 0 Å². The molecule has 0 aromatic heterocycles. The minimum atomic E-state index is 0. The second-order valence-electron chi connectivity index (χ2n) is 3.17. The molecule has 0 heterocycles. The Morgan fingerprint density at radius 1 is 0.588 bits per heavy atom. The zero-order valence-corrected chi connectivity index (χ0v) is 13.0. The summed E-state index contributed by atoms with van der Waals surface area (Å²) in [5.74, 6) is 0. The van der Waals surface area contributed by atoms with Gasteiger partial charge in [-0.15, -0.1) is 19.8 Å². The molecule has 0 aromatic carbocycles. The summed E-state index contributed by atoms with van der Waals surface area (Å²) >= 11 is 0. The topological polar surface area (TPSA) is 69.2 Å². The number of rotatable bonds is 6. The Kier molecular flexibility index (Phi) is 78.8. The minimum absolute atomic E-state index is 0. The van der Waals surface area contributed by atoms with Gasteiger partial charge in [-0.2, -0.15) is 0 Å². The van der Waals surface area contributed by atoms with Gasteiger partial charge in [0, 0.05) is 0 Å². The normalized spacial score (nSPS) is 7.41. The molecule has 0 amide bonds. The van der Waals surface area contributed by atoms with Gasteiger partial charge in [-0.05, 0) is 0 Å². The third kappa shape index (κ3) is 78.1. The molecule has 102 valence electrons. The maximum Gasteiger partial charge on any atom is 2.00 e. The predicted octanol–water partition coefficient (Wildman–Crippen LogP) is -2.56. The van der Waals surface area contributed by atoms with Crippen molar-refractivity contribution in [3.05, 3.63) is 0 Å². The zero-order chi connectivity index (χ0) is 12.4. The van der Waals surface area contributed by atoms with Crippen LogP contribution in [0.25, 0.3) is 0 Å². The third-order valence-corrected chi connectivity index (χ3v) is 1.49. The Balaban J connectivity index is -0.0000000400. The van der Waals surface area contributed by atoms with E-state index in [-0.39, 0.29) is 55.7 Å². The molecule has 0 aromatic rings. The first-order valence-electron chi connectivity index (χ1n) is 5.99. The fourth-order valence-corrected chi connectivity index (χ4v) is 0.433. The van der Waals surface area contributed by atoms with Gasteiger partial charge < -0.3 is 15.3 Å². The molecule has 0 saturated carbocycles. The molecule has 0 aliphatic rings. The summed E-state index contributed by atoms with van der Waals surface area (Å²) in [5.41, 5.74) is 0. The van der Waals surface area contributed by atoms with Gasteiger partial charge in [0.25, 0.3) is 0 Å². The molecule has 5 heteroatoms. The van der Waals surface area contributed by atoms with E-state index in [9.17, 15) is 15.3 Å². The van der Waals surface area contributed by atoms with Crippen molar-refractivity contribution in [2.24, 2.45) is 0 Å². The summed E-state index contributed by atoms with van der Waals surface area (Å²) in [6.45, 7) is 6.32. The molecule has 0 atom stereocenters. The van der Waals surface area contributed by atoms with Gasteiger partial charge in [0.2, 0.25) is 0 Å². The summed E-state index contributed by atoms with van der Waals surface area (Å²) in [7, 11) is 0. The SMILES string of the molecule is CCCC[O-].CCCC[O-].CCCC[O-].[Fe+2].[Li+]. The van der Waals surface area contributed by atoms with Gasteiger partial charge in [0.1, 0.15) is 0 Å². The summed E-state index contributed by atoms with van der Waals surface area (Å²) in [5, 5.41) is 28.6. The Morgan fingerprint density at radius 3 is 0.765 bits per heavy atom. The first-order valence-corrected chi connectivity index (χ1v) is 5.99. The van der Waals surface area contributed by atoms with Gasteiger partial charge in [0.15, 0.2) is 0 Å². The third-order valence-electron chi connectivity index (χ3n) is 1.49. The Morgan fingerprint density at radius 2 is 0.765 bits per heavy atom. The van der Waals surface area contributed by atoms with Crippen molar-refractivity contribution in [3.63, 3.8) is 0 Å². The van der Waals surface area contributed by atoms with Crippen LogP contribution in [0.5, 0.6) is 0 Å². The van der Waals surface area contributed by atoms with Crippen molar-refractivity contribution < 1.29 is 51.2 Å². The average Bonchev–Trinajstić information content (AvgIpc) is 2.23. The quantitative estimate of drug-likeness (QED) is 0.503. The fraction of sp³-hybridized carbons (Fsp3) is 1.00. The van der Waals surface area contributed by atoms with Gasteiger partial charge in [-0.3, -0.25) is 0 Å². The number of hydrogen-bond donors (Lipinski definition) is 0. The minimum Gasteiger partial charge on any atom is -0.854 e. The summed E-state index contributed by atoms with van der Waals surface area (Å²) < 4.78 is 0. The molecule has 0 bridgehead atoms. The fourth-order valence-electron chi connectivity index (χ4n) is 0.433. The van der Waals surface area contributed by atoms with Crippen molar-refractivity contribution in [1.82, 2.24) is 0 Å². The first kappa shape index (κ1) is 30.8. The Bertz CT molecular complexity index is 58.5. The summed E-state index contributed by atoms with van der Waals surface area (Å²) in [4.78, 5) is 0. The van der Waals surface area contributed by atoms with E-state index in [0.717, 1.165) is 38.5 Å². The second-order valence-corrected chi connectivity index (χ2v) is 3.17. The number of hydrogen-bond acceptors (Lipinski definition) is 3. The van der Waals surface area contributed by atoms with E-state index in [4.69, 9.17) is 0 Å². The van der Waals surface area contributed by atoms with Crippen LogP contribution in [0.2, 0.25) is 0 Å². The molecule has 0 unspecified atom stereocenters. The summed E-state index contributed by atoms with van der Waals surface area (Å²) in [6, 6.07) is 0. The van der Waals surface area contributed by atoms with E-state index < -0.39 is 0 Å². The Hall–Kier alpha value is 0.997. The van der Waals surface area contributed by atoms with Gasteiger partial charge in [-0.1, -0.05) is 59.3 Å². The van der Waals surface area contributed by atoms with Crippen molar-refractivity contribution in [2.75, 3.05) is 19.8 Å². The molecular weight excluding hydrogens is 255 g/mol. The molecule has 0 rings (SSSR count). The van der Waals surface area contributed by atoms with E-state index >= 15 is 0 Å². The maximum atomic E-state index is 9.53. The van der Waals surface area contributed by atoms with E-state index in [1.54, 1.807) is 0 Å². The van der Waals surface area contributed by atoms with E-state index in [0.29, 0.717) is 0 Å². The van der Waals surface area contributed by atoms with Crippen LogP contribution in [0.15, 0.2) is 0 Å². The monoisotopic (exact) mass is 282 g/mol.